The van der Waals surface area contributed by atoms with E-state index in [2.05, 4.69) is 4.18 Å². The van der Waals surface area contributed by atoms with Crippen molar-refractivity contribution in [1.82, 2.24) is 0 Å². The highest BCUT2D eigenvalue weighted by Gasteiger charge is 2.36. The maximum atomic E-state index is 11.2. The summed E-state index contributed by atoms with van der Waals surface area (Å²) in [6.45, 7) is 0. The highest BCUT2D eigenvalue weighted by atomic mass is 32.2. The first-order valence-electron chi connectivity index (χ1n) is 3.74. The number of nitrogens with two attached hydrogens (primary N) is 1. The summed E-state index contributed by atoms with van der Waals surface area (Å²) in [5, 5.41) is 0. The Morgan fingerprint density at radius 3 is 2.62 bits per heavy atom. The van der Waals surface area contributed by atoms with Crippen LogP contribution in [0.3, 0.4) is 0 Å². The van der Waals surface area contributed by atoms with Gasteiger partial charge in [-0.25, -0.2) is 4.79 Å². The maximum absolute atomic E-state index is 11.2. The fourth-order valence-corrected chi connectivity index (χ4v) is 1.51. The summed E-state index contributed by atoms with van der Waals surface area (Å²) >= 11 is 0. The average Bonchev–Trinajstić information content (AvgIpc) is 2.33. The van der Waals surface area contributed by atoms with Gasteiger partial charge in [-0.1, -0.05) is 12.2 Å². The minimum absolute atomic E-state index is 0.390. The standard InChI is InChI=1S/C7H11NO4S/c1-13(10,11)12-6(9)7(8)4-2-3-5-7/h2,4H,3,5,8H2,1H3. The lowest BCUT2D eigenvalue weighted by molar-refractivity contribution is -0.138. The van der Waals surface area contributed by atoms with Crippen LogP contribution in [0.2, 0.25) is 0 Å². The smallest absolute Gasteiger partial charge is 0.344 e. The van der Waals surface area contributed by atoms with E-state index in [0.717, 1.165) is 6.26 Å². The summed E-state index contributed by atoms with van der Waals surface area (Å²) in [6, 6.07) is 0. The fraction of sp³-hybridized carbons (Fsp3) is 0.571. The van der Waals surface area contributed by atoms with Gasteiger partial charge in [-0.05, 0) is 12.8 Å². The zero-order chi connectivity index (χ0) is 10.1. The zero-order valence-electron chi connectivity index (χ0n) is 7.19. The second-order valence-electron chi connectivity index (χ2n) is 3.06. The molecule has 0 aliphatic heterocycles. The van der Waals surface area contributed by atoms with Gasteiger partial charge in [-0.15, -0.1) is 0 Å². The van der Waals surface area contributed by atoms with E-state index in [1.54, 1.807) is 6.08 Å². The number of hydrogen-bond donors (Lipinski definition) is 1. The molecule has 1 aliphatic carbocycles. The monoisotopic (exact) mass is 205 g/mol. The van der Waals surface area contributed by atoms with E-state index in [-0.39, 0.29) is 0 Å². The third kappa shape index (κ3) is 2.53. The SMILES string of the molecule is CS(=O)(=O)OC(=O)C1(N)C=CCC1. The van der Waals surface area contributed by atoms with Crippen LogP contribution < -0.4 is 5.73 Å². The molecule has 13 heavy (non-hydrogen) atoms. The molecule has 1 rings (SSSR count). The first-order chi connectivity index (χ1) is 5.83. The van der Waals surface area contributed by atoms with Crippen LogP contribution in [0, 0.1) is 0 Å². The molecule has 0 aromatic heterocycles. The van der Waals surface area contributed by atoms with Gasteiger partial charge in [0.2, 0.25) is 0 Å². The molecule has 0 saturated carbocycles. The molecule has 0 aromatic carbocycles. The van der Waals surface area contributed by atoms with Crippen molar-refractivity contribution in [3.63, 3.8) is 0 Å². The van der Waals surface area contributed by atoms with Crippen LogP contribution >= 0.6 is 0 Å². The minimum Gasteiger partial charge on any atom is -0.344 e. The Morgan fingerprint density at radius 2 is 2.23 bits per heavy atom. The summed E-state index contributed by atoms with van der Waals surface area (Å²) in [5.41, 5.74) is 4.32. The van der Waals surface area contributed by atoms with E-state index >= 15 is 0 Å². The van der Waals surface area contributed by atoms with Gasteiger partial charge in [0.25, 0.3) is 0 Å². The molecular weight excluding hydrogens is 194 g/mol. The van der Waals surface area contributed by atoms with Gasteiger partial charge in [-0.3, -0.25) is 0 Å². The molecule has 74 valence electrons. The van der Waals surface area contributed by atoms with Crippen molar-refractivity contribution in [1.29, 1.82) is 0 Å². The Balaban J connectivity index is 2.74. The molecule has 1 aliphatic rings. The van der Waals surface area contributed by atoms with Crippen LogP contribution in [0.15, 0.2) is 12.2 Å². The molecule has 0 aromatic rings. The van der Waals surface area contributed by atoms with E-state index in [1.807, 2.05) is 0 Å². The molecule has 0 bridgehead atoms. The number of hydrogen-bond acceptors (Lipinski definition) is 5. The Kier molecular flexibility index (Phi) is 2.44. The fourth-order valence-electron chi connectivity index (χ4n) is 1.08. The number of allylic oxidation sites excluding steroid dienone is 1. The quantitative estimate of drug-likeness (QED) is 0.486. The topological polar surface area (TPSA) is 86.5 Å². The van der Waals surface area contributed by atoms with E-state index in [4.69, 9.17) is 5.73 Å². The highest BCUT2D eigenvalue weighted by molar-refractivity contribution is 7.86. The first-order valence-corrected chi connectivity index (χ1v) is 5.56. The van der Waals surface area contributed by atoms with Crippen molar-refractivity contribution in [2.75, 3.05) is 6.26 Å². The highest BCUT2D eigenvalue weighted by Crippen LogP contribution is 2.21. The third-order valence-corrected chi connectivity index (χ3v) is 2.20. The largest absolute Gasteiger partial charge is 0.345 e. The van der Waals surface area contributed by atoms with Crippen molar-refractivity contribution in [3.8, 4) is 0 Å². The van der Waals surface area contributed by atoms with Gasteiger partial charge in [0.05, 0.1) is 6.26 Å². The van der Waals surface area contributed by atoms with Crippen LogP contribution in [-0.2, 0) is 19.1 Å². The maximum Gasteiger partial charge on any atom is 0.345 e. The lowest BCUT2D eigenvalue weighted by Gasteiger charge is -2.17. The molecule has 1 unspecified atom stereocenters. The number of carbonyl (C=O) groups is 1. The minimum atomic E-state index is -3.76. The van der Waals surface area contributed by atoms with Crippen LogP contribution in [0.1, 0.15) is 12.8 Å². The second-order valence-corrected chi connectivity index (χ2v) is 4.63. The van der Waals surface area contributed by atoms with Crippen LogP contribution in [0.25, 0.3) is 0 Å². The van der Waals surface area contributed by atoms with Gasteiger partial charge >= 0.3 is 16.1 Å². The second kappa shape index (κ2) is 3.12. The lowest BCUT2D eigenvalue weighted by Crippen LogP contribution is -2.46. The van der Waals surface area contributed by atoms with Crippen molar-refractivity contribution >= 4 is 16.1 Å². The summed E-state index contributed by atoms with van der Waals surface area (Å²) in [5.74, 6) is -0.913. The lowest BCUT2D eigenvalue weighted by atomic mass is 10.0. The summed E-state index contributed by atoms with van der Waals surface area (Å²) < 4.78 is 25.4. The van der Waals surface area contributed by atoms with Gasteiger partial charge in [0, 0.05) is 0 Å². The van der Waals surface area contributed by atoms with Crippen LogP contribution in [0.5, 0.6) is 0 Å². The van der Waals surface area contributed by atoms with Crippen molar-refractivity contribution in [3.05, 3.63) is 12.2 Å². The molecule has 0 spiro atoms. The molecule has 0 amide bonds. The summed E-state index contributed by atoms with van der Waals surface area (Å²) in [6.07, 6.45) is 5.06. The summed E-state index contributed by atoms with van der Waals surface area (Å²) in [7, 11) is -3.76. The Morgan fingerprint density at radius 1 is 1.62 bits per heavy atom. The Hall–Kier alpha value is -0.880. The van der Waals surface area contributed by atoms with E-state index < -0.39 is 21.6 Å². The molecular formula is C7H11NO4S. The van der Waals surface area contributed by atoms with E-state index in [0.29, 0.717) is 12.8 Å². The van der Waals surface area contributed by atoms with Gasteiger partial charge < -0.3 is 9.92 Å². The van der Waals surface area contributed by atoms with Crippen LogP contribution in [0.4, 0.5) is 0 Å². The molecule has 0 saturated heterocycles. The molecule has 5 nitrogen and oxygen atoms in total. The number of carbonyl (C=O) groups excluding carboxylic acids is 1. The van der Waals surface area contributed by atoms with E-state index in [1.165, 1.54) is 6.08 Å². The molecule has 0 heterocycles. The van der Waals surface area contributed by atoms with E-state index in [9.17, 15) is 13.2 Å². The third-order valence-electron chi connectivity index (χ3n) is 1.75. The zero-order valence-corrected chi connectivity index (χ0v) is 8.00. The average molecular weight is 205 g/mol. The van der Waals surface area contributed by atoms with Crippen molar-refractivity contribution in [2.45, 2.75) is 18.4 Å². The molecule has 0 radical (unpaired) electrons. The predicted octanol–water partition coefficient (Wildman–Crippen LogP) is -0.463. The summed E-state index contributed by atoms with van der Waals surface area (Å²) in [4.78, 5) is 11.2. The van der Waals surface area contributed by atoms with Gasteiger partial charge in [0.15, 0.2) is 0 Å². The molecule has 2 N–H and O–H groups in total. The van der Waals surface area contributed by atoms with Crippen molar-refractivity contribution < 1.29 is 17.4 Å². The molecule has 0 fully saturated rings. The van der Waals surface area contributed by atoms with Crippen molar-refractivity contribution in [2.24, 2.45) is 5.73 Å². The Labute approximate surface area is 76.7 Å². The Bertz CT molecular complexity index is 346. The van der Waals surface area contributed by atoms with Gasteiger partial charge in [-0.2, -0.15) is 8.42 Å². The van der Waals surface area contributed by atoms with Gasteiger partial charge in [0.1, 0.15) is 5.54 Å². The number of rotatable bonds is 2. The molecule has 6 heteroatoms. The predicted molar refractivity (Wildman–Crippen MR) is 46.2 cm³/mol. The first kappa shape index (κ1) is 10.2. The molecule has 1 atom stereocenters. The normalized spacial score (nSPS) is 27.5. The van der Waals surface area contributed by atoms with Crippen LogP contribution in [-0.4, -0.2) is 26.2 Å².